The van der Waals surface area contributed by atoms with Crippen LogP contribution in [0.5, 0.6) is 0 Å². The molecule has 0 aliphatic carbocycles. The van der Waals surface area contributed by atoms with Gasteiger partial charge < -0.3 is 0 Å². The van der Waals surface area contributed by atoms with Crippen LogP contribution < -0.4 is 0 Å². The van der Waals surface area contributed by atoms with Crippen LogP contribution in [0.2, 0.25) is 0 Å². The molecule has 28 heavy (non-hydrogen) atoms. The van der Waals surface area contributed by atoms with Gasteiger partial charge in [-0.05, 0) is 62.2 Å². The SMILES string of the molecule is O=C1C=CN(S(=O)(=O)c2ccc(C(F)(F)F)nc2)C(c2nc(Br)ccc2Br)C1. The van der Waals surface area contributed by atoms with Crippen LogP contribution in [0.25, 0.3) is 0 Å². The summed E-state index contributed by atoms with van der Waals surface area (Å²) in [5.74, 6) is -0.310. The number of hydrogen-bond acceptors (Lipinski definition) is 5. The van der Waals surface area contributed by atoms with E-state index in [0.29, 0.717) is 21.3 Å². The van der Waals surface area contributed by atoms with Gasteiger partial charge in [0, 0.05) is 23.3 Å². The van der Waals surface area contributed by atoms with Crippen LogP contribution in [0.3, 0.4) is 0 Å². The summed E-state index contributed by atoms with van der Waals surface area (Å²) < 4.78 is 65.9. The lowest BCUT2D eigenvalue weighted by atomic mass is 10.0. The van der Waals surface area contributed by atoms with E-state index in [1.165, 1.54) is 0 Å². The van der Waals surface area contributed by atoms with Gasteiger partial charge in [-0.15, -0.1) is 0 Å². The summed E-state index contributed by atoms with van der Waals surface area (Å²) in [6.07, 6.45) is -2.04. The quantitative estimate of drug-likeness (QED) is 0.544. The van der Waals surface area contributed by atoms with E-state index in [4.69, 9.17) is 0 Å². The first-order valence-electron chi connectivity index (χ1n) is 7.60. The fraction of sp³-hybridized carbons (Fsp3) is 0.188. The van der Waals surface area contributed by atoms with Crippen molar-refractivity contribution in [2.45, 2.75) is 23.5 Å². The van der Waals surface area contributed by atoms with E-state index >= 15 is 0 Å². The Morgan fingerprint density at radius 3 is 2.46 bits per heavy atom. The molecule has 0 radical (unpaired) electrons. The first kappa shape index (κ1) is 20.9. The molecule has 0 fully saturated rings. The van der Waals surface area contributed by atoms with E-state index in [1.807, 2.05) is 0 Å². The third-order valence-corrected chi connectivity index (χ3v) is 6.75. The summed E-state index contributed by atoms with van der Waals surface area (Å²) in [6, 6.07) is 3.72. The molecular weight excluding hydrogens is 531 g/mol. The Morgan fingerprint density at radius 1 is 1.14 bits per heavy atom. The molecule has 0 bridgehead atoms. The molecule has 12 heteroatoms. The number of carbonyl (C=O) groups is 1. The molecule has 1 aliphatic heterocycles. The highest BCUT2D eigenvalue weighted by Crippen LogP contribution is 2.37. The van der Waals surface area contributed by atoms with Gasteiger partial charge in [0.05, 0.1) is 11.7 Å². The highest BCUT2D eigenvalue weighted by atomic mass is 79.9. The number of allylic oxidation sites excluding steroid dienone is 1. The minimum Gasteiger partial charge on any atom is -0.295 e. The zero-order valence-electron chi connectivity index (χ0n) is 13.7. The van der Waals surface area contributed by atoms with Gasteiger partial charge in [-0.25, -0.2) is 13.4 Å². The van der Waals surface area contributed by atoms with Crippen LogP contribution in [-0.4, -0.2) is 28.5 Å². The van der Waals surface area contributed by atoms with Crippen LogP contribution in [0.15, 0.2) is 56.7 Å². The van der Waals surface area contributed by atoms with Crippen LogP contribution in [0, 0.1) is 0 Å². The maximum atomic E-state index is 13.0. The number of rotatable bonds is 3. The molecule has 0 N–H and O–H groups in total. The van der Waals surface area contributed by atoms with Crippen LogP contribution >= 0.6 is 31.9 Å². The zero-order chi connectivity index (χ0) is 20.7. The monoisotopic (exact) mass is 539 g/mol. The lowest BCUT2D eigenvalue weighted by molar-refractivity contribution is -0.141. The lowest BCUT2D eigenvalue weighted by Gasteiger charge is -2.32. The molecule has 1 unspecified atom stereocenters. The number of pyridine rings is 2. The predicted molar refractivity (Wildman–Crippen MR) is 99.4 cm³/mol. The summed E-state index contributed by atoms with van der Waals surface area (Å²) in [5.41, 5.74) is -0.917. The van der Waals surface area contributed by atoms with E-state index < -0.39 is 32.8 Å². The van der Waals surface area contributed by atoms with Gasteiger partial charge in [-0.3, -0.25) is 14.1 Å². The molecule has 0 saturated carbocycles. The van der Waals surface area contributed by atoms with Gasteiger partial charge in [0.1, 0.15) is 15.2 Å². The Labute approximate surface area is 174 Å². The van der Waals surface area contributed by atoms with E-state index in [0.717, 1.165) is 22.6 Å². The first-order valence-corrected chi connectivity index (χ1v) is 10.6. The standard InChI is InChI=1S/C16H10Br2F3N3O3S/c17-11-2-4-14(18)23-15(11)12-7-9(25)5-6-24(12)28(26,27)10-1-3-13(22-8-10)16(19,20)21/h1-6,8,12H,7H2. The second kappa shape index (κ2) is 7.56. The van der Waals surface area contributed by atoms with Crippen molar-refractivity contribution in [2.24, 2.45) is 0 Å². The van der Waals surface area contributed by atoms with E-state index in [1.54, 1.807) is 12.1 Å². The van der Waals surface area contributed by atoms with Crippen molar-refractivity contribution in [3.8, 4) is 0 Å². The maximum absolute atomic E-state index is 13.0. The molecule has 148 valence electrons. The average Bonchev–Trinajstić information content (AvgIpc) is 2.63. The number of halogens is 5. The van der Waals surface area contributed by atoms with Crippen LogP contribution in [-0.2, 0) is 21.0 Å². The smallest absolute Gasteiger partial charge is 0.295 e. The van der Waals surface area contributed by atoms with Crippen LogP contribution in [0.1, 0.15) is 23.9 Å². The fourth-order valence-electron chi connectivity index (χ4n) is 2.56. The number of alkyl halides is 3. The van der Waals surface area contributed by atoms with E-state index in [-0.39, 0.29) is 17.9 Å². The number of sulfonamides is 1. The fourth-order valence-corrected chi connectivity index (χ4v) is 4.77. The molecule has 0 saturated heterocycles. The first-order chi connectivity index (χ1) is 13.0. The van der Waals surface area contributed by atoms with Crippen molar-refractivity contribution < 1.29 is 26.4 Å². The predicted octanol–water partition coefficient (Wildman–Crippen LogP) is 4.24. The number of ketones is 1. The van der Waals surface area contributed by atoms with Gasteiger partial charge in [0.2, 0.25) is 0 Å². The molecule has 2 aromatic rings. The third-order valence-electron chi connectivity index (χ3n) is 3.87. The summed E-state index contributed by atoms with van der Waals surface area (Å²) in [5, 5.41) is 0. The minimum absolute atomic E-state index is 0.175. The van der Waals surface area contributed by atoms with Crippen molar-refractivity contribution >= 4 is 47.7 Å². The Balaban J connectivity index is 2.06. The molecule has 3 rings (SSSR count). The number of aromatic nitrogens is 2. The second-order valence-corrected chi connectivity index (χ2v) is 9.22. The Kier molecular flexibility index (Phi) is 5.65. The van der Waals surface area contributed by atoms with Crippen molar-refractivity contribution in [1.82, 2.24) is 14.3 Å². The minimum atomic E-state index is -4.69. The number of nitrogens with zero attached hydrogens (tertiary/aromatic N) is 3. The summed E-state index contributed by atoms with van der Waals surface area (Å²) >= 11 is 6.49. The molecule has 1 aliphatic rings. The average molecular weight is 541 g/mol. The Hall–Kier alpha value is -1.79. The van der Waals surface area contributed by atoms with E-state index in [2.05, 4.69) is 41.8 Å². The molecule has 3 heterocycles. The number of carbonyl (C=O) groups excluding carboxylic acids is 1. The van der Waals surface area contributed by atoms with Crippen molar-refractivity contribution in [2.75, 3.05) is 0 Å². The maximum Gasteiger partial charge on any atom is 0.433 e. The Morgan fingerprint density at radius 2 is 1.86 bits per heavy atom. The third kappa shape index (κ3) is 4.13. The molecule has 0 aromatic carbocycles. The van der Waals surface area contributed by atoms with Gasteiger partial charge in [0.25, 0.3) is 10.0 Å². The summed E-state index contributed by atoms with van der Waals surface area (Å²) in [7, 11) is -4.29. The Bertz CT molecular complexity index is 1060. The molecule has 0 amide bonds. The van der Waals surface area contributed by atoms with Crippen molar-refractivity contribution in [3.63, 3.8) is 0 Å². The van der Waals surface area contributed by atoms with Gasteiger partial charge in [0.15, 0.2) is 5.78 Å². The van der Waals surface area contributed by atoms with Gasteiger partial charge in [-0.2, -0.15) is 13.2 Å². The van der Waals surface area contributed by atoms with Gasteiger partial charge >= 0.3 is 6.18 Å². The summed E-state index contributed by atoms with van der Waals surface area (Å²) in [6.45, 7) is 0. The summed E-state index contributed by atoms with van der Waals surface area (Å²) in [4.78, 5) is 18.9. The lowest BCUT2D eigenvalue weighted by Crippen LogP contribution is -2.35. The topological polar surface area (TPSA) is 80.2 Å². The second-order valence-electron chi connectivity index (χ2n) is 5.71. The molecule has 2 aromatic heterocycles. The van der Waals surface area contributed by atoms with Crippen molar-refractivity contribution in [3.05, 3.63) is 63.2 Å². The zero-order valence-corrected chi connectivity index (χ0v) is 17.7. The van der Waals surface area contributed by atoms with Crippen molar-refractivity contribution in [1.29, 1.82) is 0 Å². The number of hydrogen-bond donors (Lipinski definition) is 0. The highest BCUT2D eigenvalue weighted by molar-refractivity contribution is 9.11. The molecular formula is C16H10Br2F3N3O3S. The molecule has 6 nitrogen and oxygen atoms in total. The highest BCUT2D eigenvalue weighted by Gasteiger charge is 2.37. The van der Waals surface area contributed by atoms with Gasteiger partial charge in [-0.1, -0.05) is 0 Å². The largest absolute Gasteiger partial charge is 0.433 e. The van der Waals surface area contributed by atoms with E-state index in [9.17, 15) is 26.4 Å². The molecule has 0 spiro atoms. The molecule has 1 atom stereocenters. The van der Waals surface area contributed by atoms with Crippen LogP contribution in [0.4, 0.5) is 13.2 Å². The normalized spacial score (nSPS) is 17.8.